The van der Waals surface area contributed by atoms with Crippen LogP contribution in [0.2, 0.25) is 0 Å². The van der Waals surface area contributed by atoms with E-state index in [1.165, 1.54) is 44.9 Å². The molecule has 1 heterocycles. The zero-order valence-corrected chi connectivity index (χ0v) is 12.6. The molecule has 2 aliphatic carbocycles. The average molecular weight is 285 g/mol. The Balaban J connectivity index is 1.56. The van der Waals surface area contributed by atoms with Gasteiger partial charge >= 0.3 is 0 Å². The van der Waals surface area contributed by atoms with Crippen molar-refractivity contribution in [3.05, 3.63) is 0 Å². The first-order valence-corrected chi connectivity index (χ1v) is 9.83. The lowest BCUT2D eigenvalue weighted by molar-refractivity contribution is 0.247. The molecule has 3 rings (SSSR count). The minimum atomic E-state index is -2.78. The number of hydrogen-bond acceptors (Lipinski definition) is 3. The van der Waals surface area contributed by atoms with Gasteiger partial charge in [0.05, 0.1) is 11.0 Å². The second kappa shape index (κ2) is 5.72. The third-order valence-corrected chi connectivity index (χ3v) is 7.61. The SMILES string of the molecule is O=S1(=O)CCCC1CNC(C1CCCCC1)C1CC1. The van der Waals surface area contributed by atoms with Gasteiger partial charge in [0, 0.05) is 12.6 Å². The molecule has 0 aromatic rings. The highest BCUT2D eigenvalue weighted by molar-refractivity contribution is 7.92. The molecule has 0 aromatic heterocycles. The monoisotopic (exact) mass is 285 g/mol. The summed E-state index contributed by atoms with van der Waals surface area (Å²) < 4.78 is 23.8. The summed E-state index contributed by atoms with van der Waals surface area (Å²) in [5.74, 6) is 2.06. The molecule has 4 heteroatoms. The van der Waals surface area contributed by atoms with Gasteiger partial charge in [-0.3, -0.25) is 0 Å². The minimum absolute atomic E-state index is 0.0997. The molecule has 3 nitrogen and oxygen atoms in total. The summed E-state index contributed by atoms with van der Waals surface area (Å²) in [5, 5.41) is 3.57. The van der Waals surface area contributed by atoms with E-state index < -0.39 is 9.84 Å². The highest BCUT2D eigenvalue weighted by Gasteiger charge is 2.38. The molecule has 0 aromatic carbocycles. The first-order chi connectivity index (χ1) is 9.17. The Hall–Kier alpha value is -0.0900. The van der Waals surface area contributed by atoms with Gasteiger partial charge in [-0.1, -0.05) is 19.3 Å². The smallest absolute Gasteiger partial charge is 0.154 e. The van der Waals surface area contributed by atoms with E-state index in [-0.39, 0.29) is 5.25 Å². The molecule has 1 N–H and O–H groups in total. The minimum Gasteiger partial charge on any atom is -0.312 e. The van der Waals surface area contributed by atoms with Crippen LogP contribution in [0.25, 0.3) is 0 Å². The molecule has 2 atom stereocenters. The van der Waals surface area contributed by atoms with E-state index in [0.29, 0.717) is 18.3 Å². The Morgan fingerprint density at radius 3 is 2.16 bits per heavy atom. The zero-order valence-electron chi connectivity index (χ0n) is 11.8. The van der Waals surface area contributed by atoms with Gasteiger partial charge in [-0.05, 0) is 50.4 Å². The maximum absolute atomic E-state index is 11.9. The summed E-state index contributed by atoms with van der Waals surface area (Å²) in [6.45, 7) is 0.708. The fraction of sp³-hybridized carbons (Fsp3) is 1.00. The maximum atomic E-state index is 11.9. The summed E-state index contributed by atoms with van der Waals surface area (Å²) in [5.41, 5.74) is 0. The lowest BCUT2D eigenvalue weighted by Gasteiger charge is -2.32. The van der Waals surface area contributed by atoms with Crippen molar-refractivity contribution in [1.29, 1.82) is 0 Å². The third kappa shape index (κ3) is 3.33. The summed E-state index contributed by atoms with van der Waals surface area (Å²) in [7, 11) is -2.78. The second-order valence-corrected chi connectivity index (χ2v) is 9.20. The quantitative estimate of drug-likeness (QED) is 0.844. The zero-order chi connectivity index (χ0) is 13.3. The van der Waals surface area contributed by atoms with Crippen LogP contribution in [0.1, 0.15) is 57.8 Å². The van der Waals surface area contributed by atoms with Crippen LogP contribution >= 0.6 is 0 Å². The second-order valence-electron chi connectivity index (χ2n) is 6.80. The van der Waals surface area contributed by atoms with Crippen molar-refractivity contribution in [2.45, 2.75) is 69.1 Å². The normalized spacial score (nSPS) is 33.4. The van der Waals surface area contributed by atoms with Crippen molar-refractivity contribution in [1.82, 2.24) is 5.32 Å². The average Bonchev–Trinajstić information content (AvgIpc) is 3.17. The molecule has 0 radical (unpaired) electrons. The molecule has 3 aliphatic rings. The summed E-state index contributed by atoms with van der Waals surface area (Å²) in [6, 6.07) is 0.608. The number of sulfone groups is 1. The van der Waals surface area contributed by atoms with Gasteiger partial charge < -0.3 is 5.32 Å². The molecule has 110 valence electrons. The predicted molar refractivity (Wildman–Crippen MR) is 77.9 cm³/mol. The Morgan fingerprint density at radius 2 is 1.58 bits per heavy atom. The Labute approximate surface area is 117 Å². The van der Waals surface area contributed by atoms with Crippen molar-refractivity contribution in [2.24, 2.45) is 11.8 Å². The van der Waals surface area contributed by atoms with E-state index in [2.05, 4.69) is 5.32 Å². The van der Waals surface area contributed by atoms with Gasteiger partial charge in [-0.2, -0.15) is 0 Å². The number of nitrogens with one attached hydrogen (secondary N) is 1. The van der Waals surface area contributed by atoms with E-state index in [1.54, 1.807) is 0 Å². The number of hydrogen-bond donors (Lipinski definition) is 1. The van der Waals surface area contributed by atoms with E-state index in [0.717, 1.165) is 24.7 Å². The van der Waals surface area contributed by atoms with Crippen LogP contribution in [0, 0.1) is 11.8 Å². The molecule has 2 unspecified atom stereocenters. The topological polar surface area (TPSA) is 46.2 Å². The van der Waals surface area contributed by atoms with Gasteiger partial charge in [0.15, 0.2) is 9.84 Å². The van der Waals surface area contributed by atoms with Crippen molar-refractivity contribution in [3.8, 4) is 0 Å². The van der Waals surface area contributed by atoms with E-state index in [1.807, 2.05) is 0 Å². The molecule has 1 saturated heterocycles. The van der Waals surface area contributed by atoms with Crippen LogP contribution in [0.15, 0.2) is 0 Å². The van der Waals surface area contributed by atoms with Gasteiger partial charge in [-0.15, -0.1) is 0 Å². The first kappa shape index (κ1) is 13.9. The van der Waals surface area contributed by atoms with E-state index >= 15 is 0 Å². The highest BCUT2D eigenvalue weighted by atomic mass is 32.2. The fourth-order valence-electron chi connectivity index (χ4n) is 4.02. The van der Waals surface area contributed by atoms with Crippen molar-refractivity contribution in [3.63, 3.8) is 0 Å². The maximum Gasteiger partial charge on any atom is 0.154 e. The van der Waals surface area contributed by atoms with E-state index in [9.17, 15) is 8.42 Å². The van der Waals surface area contributed by atoms with Crippen molar-refractivity contribution >= 4 is 9.84 Å². The lowest BCUT2D eigenvalue weighted by Crippen LogP contribution is -2.43. The first-order valence-electron chi connectivity index (χ1n) is 8.12. The third-order valence-electron chi connectivity index (χ3n) is 5.33. The van der Waals surface area contributed by atoms with Crippen molar-refractivity contribution in [2.75, 3.05) is 12.3 Å². The molecule has 19 heavy (non-hydrogen) atoms. The molecular formula is C15H27NO2S. The Kier molecular flexibility index (Phi) is 4.18. The molecule has 2 saturated carbocycles. The molecule has 0 spiro atoms. The predicted octanol–water partition coefficient (Wildman–Crippen LogP) is 2.51. The van der Waals surface area contributed by atoms with Gasteiger partial charge in [0.25, 0.3) is 0 Å². The van der Waals surface area contributed by atoms with Gasteiger partial charge in [0.1, 0.15) is 0 Å². The van der Waals surface area contributed by atoms with E-state index in [4.69, 9.17) is 0 Å². The Morgan fingerprint density at radius 1 is 0.895 bits per heavy atom. The van der Waals surface area contributed by atoms with Crippen LogP contribution < -0.4 is 5.32 Å². The summed E-state index contributed by atoms with van der Waals surface area (Å²) >= 11 is 0. The van der Waals surface area contributed by atoms with Crippen LogP contribution in [-0.2, 0) is 9.84 Å². The Bertz CT molecular complexity index is 396. The number of rotatable bonds is 5. The standard InChI is InChI=1S/C15H27NO2S/c17-19(18)10-4-7-14(19)11-16-15(13-8-9-13)12-5-2-1-3-6-12/h12-16H,1-11H2. The lowest BCUT2D eigenvalue weighted by atomic mass is 9.82. The van der Waals surface area contributed by atoms with Crippen LogP contribution in [-0.4, -0.2) is 32.0 Å². The van der Waals surface area contributed by atoms with Gasteiger partial charge in [0.2, 0.25) is 0 Å². The largest absolute Gasteiger partial charge is 0.312 e. The van der Waals surface area contributed by atoms with Crippen LogP contribution in [0.3, 0.4) is 0 Å². The van der Waals surface area contributed by atoms with Crippen molar-refractivity contribution < 1.29 is 8.42 Å². The van der Waals surface area contributed by atoms with Crippen LogP contribution in [0.5, 0.6) is 0 Å². The molecule has 1 aliphatic heterocycles. The molecule has 3 fully saturated rings. The summed E-state index contributed by atoms with van der Waals surface area (Å²) in [4.78, 5) is 0. The van der Waals surface area contributed by atoms with Crippen LogP contribution in [0.4, 0.5) is 0 Å². The molecule has 0 amide bonds. The molecule has 0 bridgehead atoms. The fourth-order valence-corrected chi connectivity index (χ4v) is 5.80. The summed E-state index contributed by atoms with van der Waals surface area (Å²) in [6.07, 6.45) is 11.3. The molecular weight excluding hydrogens is 258 g/mol. The highest BCUT2D eigenvalue weighted by Crippen LogP contribution is 2.40. The van der Waals surface area contributed by atoms with Gasteiger partial charge in [-0.25, -0.2) is 8.42 Å².